The van der Waals surface area contributed by atoms with Crippen molar-refractivity contribution in [2.75, 3.05) is 12.4 Å². The van der Waals surface area contributed by atoms with Crippen LogP contribution in [0.3, 0.4) is 0 Å². The number of thioether (sulfide) groups is 1. The van der Waals surface area contributed by atoms with Crippen LogP contribution in [0.1, 0.15) is 6.92 Å². The lowest BCUT2D eigenvalue weighted by atomic mass is 10.3. The van der Waals surface area contributed by atoms with E-state index < -0.39 is 12.0 Å². The van der Waals surface area contributed by atoms with Gasteiger partial charge in [-0.1, -0.05) is 36.0 Å². The van der Waals surface area contributed by atoms with Crippen molar-refractivity contribution in [3.8, 4) is 16.4 Å². The van der Waals surface area contributed by atoms with Crippen LogP contribution in [0.5, 0.6) is 0 Å². The molecule has 0 aliphatic carbocycles. The number of nitrogens with zero attached hydrogens (tertiary/aromatic N) is 3. The first-order valence-electron chi connectivity index (χ1n) is 7.83. The number of ether oxygens (including phenoxy) is 1. The van der Waals surface area contributed by atoms with Gasteiger partial charge < -0.3 is 4.74 Å². The van der Waals surface area contributed by atoms with E-state index in [-0.39, 0.29) is 12.4 Å². The number of rotatable bonds is 6. The summed E-state index contributed by atoms with van der Waals surface area (Å²) in [6.45, 7) is 1.88. The number of imide groups is 1. The highest BCUT2D eigenvalue weighted by atomic mass is 32.2. The summed E-state index contributed by atoms with van der Waals surface area (Å²) < 4.78 is 6.60. The number of amides is 2. The standard InChI is InChI=1S/C17H16N4O3S2/c1-2-24-17(23)18-14(22)11-26-16-20-19-15(13-9-6-10-25-13)21(16)12-7-4-3-5-8-12/h3-10H,2,11H2,1H3,(H,18,22,23). The second-order valence-electron chi connectivity index (χ2n) is 5.01. The van der Waals surface area contributed by atoms with Crippen LogP contribution in [0.15, 0.2) is 53.0 Å². The Kier molecular flexibility index (Phi) is 6.03. The smallest absolute Gasteiger partial charge is 0.413 e. The molecule has 1 N–H and O–H groups in total. The Morgan fingerprint density at radius 3 is 2.69 bits per heavy atom. The zero-order valence-electron chi connectivity index (χ0n) is 13.9. The van der Waals surface area contributed by atoms with Crippen molar-refractivity contribution in [3.05, 3.63) is 47.8 Å². The SMILES string of the molecule is CCOC(=O)NC(=O)CSc1nnc(-c2cccs2)n1-c1ccccc1. The predicted molar refractivity (Wildman–Crippen MR) is 101 cm³/mol. The van der Waals surface area contributed by atoms with Crippen molar-refractivity contribution >= 4 is 35.1 Å². The summed E-state index contributed by atoms with van der Waals surface area (Å²) in [5.41, 5.74) is 0.897. The largest absolute Gasteiger partial charge is 0.450 e. The molecule has 7 nitrogen and oxygen atoms in total. The molecule has 134 valence electrons. The molecule has 1 aromatic carbocycles. The van der Waals surface area contributed by atoms with E-state index in [1.807, 2.05) is 52.4 Å². The van der Waals surface area contributed by atoms with E-state index in [0.717, 1.165) is 10.6 Å². The summed E-state index contributed by atoms with van der Waals surface area (Å²) in [5, 5.41) is 13.2. The highest BCUT2D eigenvalue weighted by Crippen LogP contribution is 2.30. The number of carbonyl (C=O) groups is 2. The lowest BCUT2D eigenvalue weighted by Crippen LogP contribution is -2.32. The molecule has 0 atom stereocenters. The van der Waals surface area contributed by atoms with Crippen LogP contribution in [0.4, 0.5) is 4.79 Å². The summed E-state index contributed by atoms with van der Waals surface area (Å²) in [5.74, 6) is 0.280. The summed E-state index contributed by atoms with van der Waals surface area (Å²) in [6.07, 6.45) is -0.748. The Bertz CT molecular complexity index is 879. The lowest BCUT2D eigenvalue weighted by Gasteiger charge is -2.09. The van der Waals surface area contributed by atoms with E-state index in [1.165, 1.54) is 11.8 Å². The van der Waals surface area contributed by atoms with Crippen molar-refractivity contribution in [1.82, 2.24) is 20.1 Å². The normalized spacial score (nSPS) is 10.5. The van der Waals surface area contributed by atoms with Crippen molar-refractivity contribution in [2.45, 2.75) is 12.1 Å². The minimum atomic E-state index is -0.748. The third-order valence-corrected chi connectivity index (χ3v) is 5.03. The molecular formula is C17H16N4O3S2. The molecule has 0 spiro atoms. The van der Waals surface area contributed by atoms with Gasteiger partial charge in [0.25, 0.3) is 0 Å². The van der Waals surface area contributed by atoms with Gasteiger partial charge in [0, 0.05) is 5.69 Å². The summed E-state index contributed by atoms with van der Waals surface area (Å²) in [7, 11) is 0. The molecule has 0 aliphatic rings. The molecule has 9 heteroatoms. The molecule has 0 bridgehead atoms. The number of carbonyl (C=O) groups excluding carboxylic acids is 2. The van der Waals surface area contributed by atoms with E-state index >= 15 is 0 Å². The van der Waals surface area contributed by atoms with Gasteiger partial charge in [0.05, 0.1) is 17.2 Å². The number of alkyl carbamates (subject to hydrolysis) is 1. The number of thiophene rings is 1. The Labute approximate surface area is 158 Å². The first-order valence-corrected chi connectivity index (χ1v) is 9.69. The van der Waals surface area contributed by atoms with E-state index in [1.54, 1.807) is 18.3 Å². The number of aromatic nitrogens is 3. The van der Waals surface area contributed by atoms with Crippen LogP contribution in [0, 0.1) is 0 Å². The van der Waals surface area contributed by atoms with Crippen LogP contribution in [-0.4, -0.2) is 39.1 Å². The van der Waals surface area contributed by atoms with Gasteiger partial charge in [-0.2, -0.15) is 0 Å². The Balaban J connectivity index is 1.82. The fourth-order valence-corrected chi connectivity index (χ4v) is 3.64. The Morgan fingerprint density at radius 1 is 1.19 bits per heavy atom. The van der Waals surface area contributed by atoms with Gasteiger partial charge in [-0.05, 0) is 30.5 Å². The zero-order valence-corrected chi connectivity index (χ0v) is 15.5. The highest BCUT2D eigenvalue weighted by Gasteiger charge is 2.18. The minimum Gasteiger partial charge on any atom is -0.450 e. The number of hydrogen-bond donors (Lipinski definition) is 1. The molecule has 0 aliphatic heterocycles. The quantitative estimate of drug-likeness (QED) is 0.652. The third-order valence-electron chi connectivity index (χ3n) is 3.24. The van der Waals surface area contributed by atoms with Crippen LogP contribution in [0.2, 0.25) is 0 Å². The van der Waals surface area contributed by atoms with Crippen LogP contribution < -0.4 is 5.32 Å². The van der Waals surface area contributed by atoms with E-state index in [0.29, 0.717) is 11.0 Å². The van der Waals surface area contributed by atoms with Crippen molar-refractivity contribution in [2.24, 2.45) is 0 Å². The fourth-order valence-electron chi connectivity index (χ4n) is 2.19. The van der Waals surface area contributed by atoms with Crippen molar-refractivity contribution < 1.29 is 14.3 Å². The van der Waals surface area contributed by atoms with Gasteiger partial charge in [0.2, 0.25) is 5.91 Å². The maximum Gasteiger partial charge on any atom is 0.413 e. The zero-order chi connectivity index (χ0) is 18.4. The van der Waals surface area contributed by atoms with Gasteiger partial charge >= 0.3 is 6.09 Å². The average molecular weight is 388 g/mol. The topological polar surface area (TPSA) is 86.1 Å². The van der Waals surface area contributed by atoms with Gasteiger partial charge in [-0.3, -0.25) is 14.7 Å². The molecule has 0 saturated heterocycles. The van der Waals surface area contributed by atoms with Gasteiger partial charge in [0.1, 0.15) is 0 Å². The monoisotopic (exact) mass is 388 g/mol. The molecular weight excluding hydrogens is 372 g/mol. The lowest BCUT2D eigenvalue weighted by molar-refractivity contribution is -0.117. The van der Waals surface area contributed by atoms with Crippen LogP contribution >= 0.6 is 23.1 Å². The number of para-hydroxylation sites is 1. The molecule has 2 heterocycles. The van der Waals surface area contributed by atoms with E-state index in [4.69, 9.17) is 4.74 Å². The Hall–Kier alpha value is -2.65. The predicted octanol–water partition coefficient (Wildman–Crippen LogP) is 3.36. The molecule has 2 amide bonds. The second kappa shape index (κ2) is 8.63. The maximum absolute atomic E-state index is 11.9. The van der Waals surface area contributed by atoms with Crippen molar-refractivity contribution in [1.29, 1.82) is 0 Å². The van der Waals surface area contributed by atoms with E-state index in [2.05, 4.69) is 15.5 Å². The summed E-state index contributed by atoms with van der Waals surface area (Å²) in [4.78, 5) is 24.2. The van der Waals surface area contributed by atoms with Gasteiger partial charge in [-0.15, -0.1) is 21.5 Å². The Morgan fingerprint density at radius 2 is 2.00 bits per heavy atom. The molecule has 26 heavy (non-hydrogen) atoms. The van der Waals surface area contributed by atoms with Gasteiger partial charge in [-0.25, -0.2) is 4.79 Å². The number of benzene rings is 1. The molecule has 2 aromatic heterocycles. The van der Waals surface area contributed by atoms with E-state index in [9.17, 15) is 9.59 Å². The number of hydrogen-bond acceptors (Lipinski definition) is 7. The van der Waals surface area contributed by atoms with Crippen LogP contribution in [-0.2, 0) is 9.53 Å². The number of nitrogens with one attached hydrogen (secondary N) is 1. The molecule has 0 fully saturated rings. The van der Waals surface area contributed by atoms with Crippen LogP contribution in [0.25, 0.3) is 16.4 Å². The summed E-state index contributed by atoms with van der Waals surface area (Å²) in [6, 6.07) is 13.6. The fraction of sp³-hybridized carbons (Fsp3) is 0.176. The molecule has 0 saturated carbocycles. The molecule has 3 aromatic rings. The average Bonchev–Trinajstić information content (AvgIpc) is 3.30. The molecule has 0 radical (unpaired) electrons. The highest BCUT2D eigenvalue weighted by molar-refractivity contribution is 7.99. The molecule has 3 rings (SSSR count). The summed E-state index contributed by atoms with van der Waals surface area (Å²) >= 11 is 2.77. The molecule has 0 unspecified atom stereocenters. The minimum absolute atomic E-state index is 0.0220. The maximum atomic E-state index is 11.9. The first-order chi connectivity index (χ1) is 12.7. The second-order valence-corrected chi connectivity index (χ2v) is 6.90. The first kappa shape index (κ1) is 18.2. The third kappa shape index (κ3) is 4.30. The van der Waals surface area contributed by atoms with Gasteiger partial charge in [0.15, 0.2) is 11.0 Å². The van der Waals surface area contributed by atoms with Crippen molar-refractivity contribution in [3.63, 3.8) is 0 Å².